The Morgan fingerprint density at radius 2 is 2.00 bits per heavy atom. The number of fused-ring (bicyclic) bond motifs is 1. The predicted molar refractivity (Wildman–Crippen MR) is 110 cm³/mol. The number of para-hydroxylation sites is 1. The van der Waals surface area contributed by atoms with E-state index in [-0.39, 0.29) is 10.9 Å². The maximum absolute atomic E-state index is 13.4. The van der Waals surface area contributed by atoms with Crippen LogP contribution in [-0.4, -0.2) is 26.0 Å². The number of aromatic nitrogens is 3. The first kappa shape index (κ1) is 18.9. The molecule has 0 atom stereocenters. The fourth-order valence-corrected chi connectivity index (χ4v) is 2.99. The Kier molecular flexibility index (Phi) is 5.37. The van der Waals surface area contributed by atoms with E-state index in [1.807, 2.05) is 30.3 Å². The molecule has 0 spiro atoms. The summed E-state index contributed by atoms with van der Waals surface area (Å²) in [5.74, 6) is 0.275. The lowest BCUT2D eigenvalue weighted by atomic mass is 10.2. The smallest absolute Gasteiger partial charge is 0.178 e. The third-order valence-electron chi connectivity index (χ3n) is 4.18. The molecule has 2 aromatic heterocycles. The molecule has 0 radical (unpaired) electrons. The van der Waals surface area contributed by atoms with Gasteiger partial charge in [-0.25, -0.2) is 19.4 Å². The molecule has 4 rings (SSSR count). The van der Waals surface area contributed by atoms with Gasteiger partial charge in [-0.3, -0.25) is 10.7 Å². The molecule has 0 unspecified atom stereocenters. The van der Waals surface area contributed by atoms with E-state index in [9.17, 15) is 9.60 Å². The molecule has 0 fully saturated rings. The standard InChI is InChI=1S/C20H16ClFN6O/c21-15-10-13(6-7-16(15)22)25-19(28-29)14-8-9-23-20-18(14)26-17(27-20)11-24-12-4-2-1-3-5-12/h1-10,24,29H,11H2,(H,25,28)(H,23,26,27). The van der Waals surface area contributed by atoms with Crippen molar-refractivity contribution < 1.29 is 9.60 Å². The Bertz CT molecular complexity index is 1180. The Morgan fingerprint density at radius 3 is 2.76 bits per heavy atom. The van der Waals surface area contributed by atoms with Gasteiger partial charge in [0.2, 0.25) is 0 Å². The van der Waals surface area contributed by atoms with Crippen molar-refractivity contribution in [2.75, 3.05) is 5.32 Å². The summed E-state index contributed by atoms with van der Waals surface area (Å²) in [5, 5.41) is 12.8. The van der Waals surface area contributed by atoms with Crippen LogP contribution in [0, 0.1) is 5.82 Å². The van der Waals surface area contributed by atoms with Crippen LogP contribution in [0.5, 0.6) is 0 Å². The SMILES string of the molecule is ONC(=Nc1ccc(F)c(Cl)c1)c1ccnc2nc(CNc3ccccc3)[nH]c12. The van der Waals surface area contributed by atoms with E-state index in [0.29, 0.717) is 34.8 Å². The van der Waals surface area contributed by atoms with E-state index < -0.39 is 5.82 Å². The van der Waals surface area contributed by atoms with Crippen LogP contribution in [0.1, 0.15) is 11.4 Å². The minimum atomic E-state index is -0.542. The fraction of sp³-hybridized carbons (Fsp3) is 0.0500. The minimum absolute atomic E-state index is 0.0563. The number of hydrogen-bond donors (Lipinski definition) is 4. The molecule has 9 heteroatoms. The predicted octanol–water partition coefficient (Wildman–Crippen LogP) is 4.42. The first-order chi connectivity index (χ1) is 14.1. The maximum atomic E-state index is 13.4. The van der Waals surface area contributed by atoms with Crippen molar-refractivity contribution in [2.45, 2.75) is 6.54 Å². The zero-order valence-corrected chi connectivity index (χ0v) is 15.8. The van der Waals surface area contributed by atoms with Gasteiger partial charge in [0.1, 0.15) is 11.6 Å². The van der Waals surface area contributed by atoms with Crippen LogP contribution in [-0.2, 0) is 6.54 Å². The number of benzene rings is 2. The fourth-order valence-electron chi connectivity index (χ4n) is 2.81. The number of rotatable bonds is 5. The van der Waals surface area contributed by atoms with Crippen molar-refractivity contribution in [1.82, 2.24) is 20.4 Å². The van der Waals surface area contributed by atoms with Crippen LogP contribution < -0.4 is 10.8 Å². The lowest BCUT2D eigenvalue weighted by molar-refractivity contribution is 0.235. The number of anilines is 1. The lowest BCUT2D eigenvalue weighted by Gasteiger charge is -2.06. The molecule has 2 heterocycles. The number of H-pyrrole nitrogens is 1. The molecule has 7 nitrogen and oxygen atoms in total. The van der Waals surface area contributed by atoms with Gasteiger partial charge in [-0.1, -0.05) is 29.8 Å². The largest absolute Gasteiger partial charge is 0.378 e. The first-order valence-corrected chi connectivity index (χ1v) is 9.08. The molecule has 29 heavy (non-hydrogen) atoms. The van der Waals surface area contributed by atoms with Crippen molar-refractivity contribution in [1.29, 1.82) is 0 Å². The van der Waals surface area contributed by atoms with Gasteiger partial charge < -0.3 is 10.3 Å². The molecule has 0 amide bonds. The summed E-state index contributed by atoms with van der Waals surface area (Å²) in [4.78, 5) is 16.3. The third-order valence-corrected chi connectivity index (χ3v) is 4.47. The number of nitrogens with zero attached hydrogens (tertiary/aromatic N) is 3. The van der Waals surface area contributed by atoms with Crippen molar-refractivity contribution in [3.63, 3.8) is 0 Å². The highest BCUT2D eigenvalue weighted by Crippen LogP contribution is 2.23. The molecular weight excluding hydrogens is 395 g/mol. The summed E-state index contributed by atoms with van der Waals surface area (Å²) >= 11 is 5.81. The molecule has 2 aromatic carbocycles. The molecule has 4 N–H and O–H groups in total. The van der Waals surface area contributed by atoms with Crippen LogP contribution in [0.3, 0.4) is 0 Å². The highest BCUT2D eigenvalue weighted by atomic mass is 35.5. The summed E-state index contributed by atoms with van der Waals surface area (Å²) < 4.78 is 13.4. The molecule has 4 aromatic rings. The molecular formula is C20H16ClFN6O. The Balaban J connectivity index is 1.66. The Hall–Kier alpha value is -3.49. The number of aromatic amines is 1. The van der Waals surface area contributed by atoms with Gasteiger partial charge >= 0.3 is 0 Å². The van der Waals surface area contributed by atoms with E-state index in [2.05, 4.69) is 30.7 Å². The monoisotopic (exact) mass is 410 g/mol. The van der Waals surface area contributed by atoms with E-state index in [4.69, 9.17) is 11.6 Å². The number of aliphatic imine (C=N–C) groups is 1. The van der Waals surface area contributed by atoms with E-state index in [1.165, 1.54) is 18.2 Å². The maximum Gasteiger partial charge on any atom is 0.178 e. The highest BCUT2D eigenvalue weighted by molar-refractivity contribution is 6.31. The summed E-state index contributed by atoms with van der Waals surface area (Å²) in [6.45, 7) is 0.465. The van der Waals surface area contributed by atoms with E-state index in [0.717, 1.165) is 5.69 Å². The highest BCUT2D eigenvalue weighted by Gasteiger charge is 2.13. The van der Waals surface area contributed by atoms with Gasteiger partial charge in [0, 0.05) is 17.4 Å². The van der Waals surface area contributed by atoms with E-state index in [1.54, 1.807) is 12.3 Å². The second-order valence-corrected chi connectivity index (χ2v) is 6.54. The van der Waals surface area contributed by atoms with Gasteiger partial charge in [0.15, 0.2) is 11.5 Å². The molecule has 0 bridgehead atoms. The molecule has 146 valence electrons. The molecule has 0 saturated carbocycles. The van der Waals surface area contributed by atoms with Gasteiger partial charge in [-0.05, 0) is 36.4 Å². The number of hydrogen-bond acceptors (Lipinski definition) is 5. The first-order valence-electron chi connectivity index (χ1n) is 8.71. The third kappa shape index (κ3) is 4.18. The molecule has 0 aliphatic heterocycles. The zero-order chi connectivity index (χ0) is 20.2. The topological polar surface area (TPSA) is 98.2 Å². The lowest BCUT2D eigenvalue weighted by Crippen LogP contribution is -2.20. The number of nitrogens with one attached hydrogen (secondary N) is 3. The Labute approximate surface area is 170 Å². The van der Waals surface area contributed by atoms with Crippen LogP contribution in [0.15, 0.2) is 65.8 Å². The van der Waals surface area contributed by atoms with Gasteiger partial charge in [0.05, 0.1) is 22.8 Å². The summed E-state index contributed by atoms with van der Waals surface area (Å²) in [7, 11) is 0. The summed E-state index contributed by atoms with van der Waals surface area (Å²) in [5.41, 5.74) is 5.06. The number of pyridine rings is 1. The average Bonchev–Trinajstić information content (AvgIpc) is 3.17. The van der Waals surface area contributed by atoms with Crippen LogP contribution in [0.2, 0.25) is 5.02 Å². The quantitative estimate of drug-likeness (QED) is 0.222. The number of imidazole rings is 1. The van der Waals surface area contributed by atoms with Gasteiger partial charge in [0.25, 0.3) is 0 Å². The number of halogens is 2. The van der Waals surface area contributed by atoms with Crippen LogP contribution in [0.25, 0.3) is 11.2 Å². The molecule has 0 aliphatic rings. The zero-order valence-electron chi connectivity index (χ0n) is 15.0. The van der Waals surface area contributed by atoms with Gasteiger partial charge in [-0.15, -0.1) is 0 Å². The molecule has 0 saturated heterocycles. The normalized spacial score (nSPS) is 11.6. The number of amidine groups is 1. The number of hydroxylamine groups is 1. The van der Waals surface area contributed by atoms with Crippen LogP contribution >= 0.6 is 11.6 Å². The summed E-state index contributed by atoms with van der Waals surface area (Å²) in [6.07, 6.45) is 1.57. The van der Waals surface area contributed by atoms with Crippen molar-refractivity contribution in [3.8, 4) is 0 Å². The van der Waals surface area contributed by atoms with Crippen molar-refractivity contribution >= 4 is 40.0 Å². The summed E-state index contributed by atoms with van der Waals surface area (Å²) in [6, 6.07) is 15.5. The Morgan fingerprint density at radius 1 is 1.17 bits per heavy atom. The average molecular weight is 411 g/mol. The second-order valence-electron chi connectivity index (χ2n) is 6.13. The second kappa shape index (κ2) is 8.26. The van der Waals surface area contributed by atoms with Crippen molar-refractivity contribution in [3.05, 3.63) is 83.0 Å². The van der Waals surface area contributed by atoms with E-state index >= 15 is 0 Å². The van der Waals surface area contributed by atoms with Crippen molar-refractivity contribution in [2.24, 2.45) is 4.99 Å². The molecule has 0 aliphatic carbocycles. The van der Waals surface area contributed by atoms with Crippen LogP contribution in [0.4, 0.5) is 15.8 Å². The minimum Gasteiger partial charge on any atom is -0.378 e. The van der Waals surface area contributed by atoms with Gasteiger partial charge in [-0.2, -0.15) is 0 Å².